The summed E-state index contributed by atoms with van der Waals surface area (Å²) in [6.07, 6.45) is 2.10. The molecule has 0 aliphatic carbocycles. The Morgan fingerprint density at radius 3 is 2.57 bits per heavy atom. The van der Waals surface area contributed by atoms with Crippen molar-refractivity contribution >= 4 is 28.5 Å². The van der Waals surface area contributed by atoms with E-state index in [1.807, 2.05) is 40.7 Å². The quantitative estimate of drug-likeness (QED) is 0.815. The summed E-state index contributed by atoms with van der Waals surface area (Å²) in [5.41, 5.74) is 8.26. The van der Waals surface area contributed by atoms with Crippen molar-refractivity contribution in [2.24, 2.45) is 5.73 Å². The minimum absolute atomic E-state index is 0.118. The van der Waals surface area contributed by atoms with Crippen molar-refractivity contribution in [2.75, 3.05) is 13.1 Å². The molecule has 1 aliphatic rings. The first-order valence-corrected chi connectivity index (χ1v) is 9.28. The monoisotopic (exact) mass is 387 g/mol. The minimum Gasteiger partial charge on any atom is -0.444 e. The van der Waals surface area contributed by atoms with Gasteiger partial charge in [0.05, 0.1) is 11.1 Å². The number of hydrogen-bond donors (Lipinski definition) is 2. The lowest BCUT2D eigenvalue weighted by molar-refractivity contribution is 0.0273. The normalized spacial score (nSPS) is 14.9. The topological polar surface area (TPSA) is 88.4 Å². The largest absolute Gasteiger partial charge is 0.444 e. The number of aryl methyl sites for hydroxylation is 2. The van der Waals surface area contributed by atoms with Crippen LogP contribution in [-0.2, 0) is 4.74 Å². The third-order valence-electron chi connectivity index (χ3n) is 4.92. The molecule has 3 rings (SSSR count). The van der Waals surface area contributed by atoms with Gasteiger partial charge in [0.1, 0.15) is 11.4 Å². The van der Waals surface area contributed by atoms with Crippen molar-refractivity contribution in [3.05, 3.63) is 40.3 Å². The molecule has 2 amide bonds. The Hall–Kier alpha value is -2.83. The summed E-state index contributed by atoms with van der Waals surface area (Å²) in [4.78, 5) is 29.0. The number of nitrogens with zero attached hydrogens (tertiary/aromatic N) is 1. The fourth-order valence-electron chi connectivity index (χ4n) is 3.54. The maximum atomic E-state index is 15.1. The minimum atomic E-state index is -0.690. The number of aromatic amines is 1. The van der Waals surface area contributed by atoms with Gasteiger partial charge in [0.15, 0.2) is 0 Å². The van der Waals surface area contributed by atoms with Gasteiger partial charge in [-0.1, -0.05) is 6.08 Å². The number of benzene rings is 1. The SMILES string of the molecule is Cc1[nH]c2c(C(N)=O)cc(F)c(C3=CCCN(C(=O)OC(C)(C)C)C3)c2c1C. The number of halogens is 1. The highest BCUT2D eigenvalue weighted by molar-refractivity contribution is 6.09. The van der Waals surface area contributed by atoms with Crippen LogP contribution in [0.1, 0.15) is 54.4 Å². The fourth-order valence-corrected chi connectivity index (χ4v) is 3.54. The Labute approximate surface area is 163 Å². The van der Waals surface area contributed by atoms with Gasteiger partial charge in [-0.25, -0.2) is 9.18 Å². The number of ether oxygens (including phenoxy) is 1. The van der Waals surface area contributed by atoms with E-state index in [2.05, 4.69) is 4.98 Å². The summed E-state index contributed by atoms with van der Waals surface area (Å²) in [5.74, 6) is -1.22. The molecule has 1 aromatic carbocycles. The highest BCUT2D eigenvalue weighted by Gasteiger charge is 2.28. The number of fused-ring (bicyclic) bond motifs is 1. The summed E-state index contributed by atoms with van der Waals surface area (Å²) in [7, 11) is 0. The number of aromatic nitrogens is 1. The smallest absolute Gasteiger partial charge is 0.410 e. The van der Waals surface area contributed by atoms with Gasteiger partial charge >= 0.3 is 6.09 Å². The molecule has 2 aromatic rings. The van der Waals surface area contributed by atoms with Crippen molar-refractivity contribution in [3.63, 3.8) is 0 Å². The molecule has 0 saturated carbocycles. The molecule has 0 spiro atoms. The summed E-state index contributed by atoms with van der Waals surface area (Å²) in [5, 5.41) is 0.628. The van der Waals surface area contributed by atoms with Crippen molar-refractivity contribution in [3.8, 4) is 0 Å². The second-order valence-electron chi connectivity index (χ2n) is 8.19. The number of hydrogen-bond acceptors (Lipinski definition) is 3. The van der Waals surface area contributed by atoms with E-state index in [0.717, 1.165) is 11.3 Å². The van der Waals surface area contributed by atoms with Crippen molar-refractivity contribution in [1.29, 1.82) is 0 Å². The molecule has 0 bridgehead atoms. The standard InChI is InChI=1S/C21H26FN3O3/c1-11-12(2)24-18-14(19(23)26)9-15(22)17(16(11)18)13-7-6-8-25(10-13)20(27)28-21(3,4)5/h7,9,24H,6,8,10H2,1-5H3,(H2,23,26). The molecule has 28 heavy (non-hydrogen) atoms. The predicted molar refractivity (Wildman–Crippen MR) is 107 cm³/mol. The van der Waals surface area contributed by atoms with Crippen LogP contribution in [0.25, 0.3) is 16.5 Å². The Bertz CT molecular complexity index is 999. The molecule has 6 nitrogen and oxygen atoms in total. The van der Waals surface area contributed by atoms with Gasteiger partial charge in [-0.2, -0.15) is 0 Å². The van der Waals surface area contributed by atoms with Gasteiger partial charge in [0, 0.05) is 29.7 Å². The third-order valence-corrected chi connectivity index (χ3v) is 4.92. The molecule has 0 fully saturated rings. The lowest BCUT2D eigenvalue weighted by Crippen LogP contribution is -2.39. The zero-order chi connectivity index (χ0) is 20.8. The average Bonchev–Trinajstić information content (AvgIpc) is 2.88. The Morgan fingerprint density at radius 2 is 1.96 bits per heavy atom. The van der Waals surface area contributed by atoms with Crippen LogP contribution in [0, 0.1) is 19.7 Å². The number of carbonyl (C=O) groups is 2. The van der Waals surface area contributed by atoms with Crippen LogP contribution in [0.2, 0.25) is 0 Å². The fraction of sp³-hybridized carbons (Fsp3) is 0.429. The zero-order valence-electron chi connectivity index (χ0n) is 16.9. The molecule has 0 saturated heterocycles. The second kappa shape index (κ2) is 6.96. The van der Waals surface area contributed by atoms with Crippen LogP contribution in [0.4, 0.5) is 9.18 Å². The molecule has 0 atom stereocenters. The Morgan fingerprint density at radius 1 is 1.29 bits per heavy atom. The van der Waals surface area contributed by atoms with Crippen LogP contribution in [-0.4, -0.2) is 40.6 Å². The molecule has 1 aromatic heterocycles. The van der Waals surface area contributed by atoms with Crippen LogP contribution < -0.4 is 5.73 Å². The maximum Gasteiger partial charge on any atom is 0.410 e. The second-order valence-corrected chi connectivity index (χ2v) is 8.19. The molecule has 150 valence electrons. The van der Waals surface area contributed by atoms with Gasteiger partial charge < -0.3 is 20.4 Å². The van der Waals surface area contributed by atoms with E-state index in [0.29, 0.717) is 35.0 Å². The molecule has 0 unspecified atom stereocenters. The molecule has 7 heteroatoms. The first kappa shape index (κ1) is 19.9. The van der Waals surface area contributed by atoms with Gasteiger partial charge in [-0.3, -0.25) is 4.79 Å². The molecular formula is C21H26FN3O3. The van der Waals surface area contributed by atoms with E-state index < -0.39 is 23.4 Å². The molecule has 1 aliphatic heterocycles. The molecular weight excluding hydrogens is 361 g/mol. The zero-order valence-corrected chi connectivity index (χ0v) is 16.9. The van der Waals surface area contributed by atoms with Crippen LogP contribution >= 0.6 is 0 Å². The summed E-state index contributed by atoms with van der Waals surface area (Å²) in [6.45, 7) is 9.91. The predicted octanol–water partition coefficient (Wildman–Crippen LogP) is 4.05. The third kappa shape index (κ3) is 3.61. The van der Waals surface area contributed by atoms with Gasteiger partial charge in [-0.15, -0.1) is 0 Å². The molecule has 3 N–H and O–H groups in total. The van der Waals surface area contributed by atoms with E-state index in [9.17, 15) is 9.59 Å². The number of nitrogens with two attached hydrogens (primary N) is 1. The number of nitrogens with one attached hydrogen (secondary N) is 1. The lowest BCUT2D eigenvalue weighted by Gasteiger charge is -2.30. The van der Waals surface area contributed by atoms with Crippen LogP contribution in [0.5, 0.6) is 0 Å². The van der Waals surface area contributed by atoms with E-state index in [1.54, 1.807) is 4.90 Å². The van der Waals surface area contributed by atoms with Gasteiger partial charge in [0.25, 0.3) is 5.91 Å². The highest BCUT2D eigenvalue weighted by Crippen LogP contribution is 2.36. The number of primary amides is 1. The maximum absolute atomic E-state index is 15.1. The van der Waals surface area contributed by atoms with Crippen molar-refractivity contribution < 1.29 is 18.7 Å². The van der Waals surface area contributed by atoms with E-state index >= 15 is 4.39 Å². The summed E-state index contributed by atoms with van der Waals surface area (Å²) < 4.78 is 20.6. The number of H-pyrrole nitrogens is 1. The average molecular weight is 387 g/mol. The van der Waals surface area contributed by atoms with E-state index in [4.69, 9.17) is 10.5 Å². The Balaban J connectivity index is 2.08. The van der Waals surface area contributed by atoms with Gasteiger partial charge in [-0.05, 0) is 58.2 Å². The van der Waals surface area contributed by atoms with E-state index in [1.165, 1.54) is 6.07 Å². The first-order valence-electron chi connectivity index (χ1n) is 9.28. The molecule has 2 heterocycles. The summed E-state index contributed by atoms with van der Waals surface area (Å²) >= 11 is 0. The Kier molecular flexibility index (Phi) is 4.95. The van der Waals surface area contributed by atoms with Crippen LogP contribution in [0.3, 0.4) is 0 Å². The van der Waals surface area contributed by atoms with Crippen LogP contribution in [0.15, 0.2) is 12.1 Å². The number of carbonyl (C=O) groups excluding carboxylic acids is 2. The van der Waals surface area contributed by atoms with Crippen molar-refractivity contribution in [2.45, 2.75) is 46.6 Å². The number of rotatable bonds is 2. The lowest BCUT2D eigenvalue weighted by atomic mass is 9.93. The summed E-state index contributed by atoms with van der Waals surface area (Å²) in [6, 6.07) is 1.17. The molecule has 0 radical (unpaired) electrons. The van der Waals surface area contributed by atoms with E-state index in [-0.39, 0.29) is 12.1 Å². The van der Waals surface area contributed by atoms with Crippen molar-refractivity contribution in [1.82, 2.24) is 9.88 Å². The highest BCUT2D eigenvalue weighted by atomic mass is 19.1. The number of amides is 2. The first-order chi connectivity index (χ1) is 13.0. The van der Waals surface area contributed by atoms with Gasteiger partial charge in [0.2, 0.25) is 0 Å².